The predicted octanol–water partition coefficient (Wildman–Crippen LogP) is 1.48. The third kappa shape index (κ3) is 3.40. The van der Waals surface area contributed by atoms with Gasteiger partial charge in [0.05, 0.1) is 6.42 Å². The summed E-state index contributed by atoms with van der Waals surface area (Å²) in [5.74, 6) is -1.33. The van der Waals surface area contributed by atoms with E-state index in [2.05, 4.69) is 10.3 Å². The molecule has 0 aliphatic rings. The number of nitrogens with two attached hydrogens (primary N) is 1. The molecule has 1 aromatic heterocycles. The maximum Gasteiger partial charge on any atom is 0.307 e. The summed E-state index contributed by atoms with van der Waals surface area (Å²) in [5, 5.41) is 13.8. The van der Waals surface area contributed by atoms with Crippen LogP contribution in [0.15, 0.2) is 29.6 Å². The first-order chi connectivity index (χ1) is 9.60. The number of aliphatic carboxylic acids is 1. The number of rotatable bonds is 5. The molecule has 104 valence electrons. The van der Waals surface area contributed by atoms with Gasteiger partial charge in [0.25, 0.3) is 5.91 Å². The molecule has 0 aliphatic heterocycles. The topological polar surface area (TPSA) is 105 Å². The quantitative estimate of drug-likeness (QED) is 0.773. The highest BCUT2D eigenvalue weighted by Crippen LogP contribution is 2.17. The number of carboxylic acids is 1. The summed E-state index contributed by atoms with van der Waals surface area (Å²) >= 11 is 1.31. The first kappa shape index (κ1) is 14.2. The minimum absolute atomic E-state index is 0.151. The number of thiazole rings is 1. The van der Waals surface area contributed by atoms with Crippen molar-refractivity contribution in [2.45, 2.75) is 13.0 Å². The van der Waals surface area contributed by atoms with E-state index >= 15 is 0 Å². The monoisotopic (exact) mass is 291 g/mol. The number of nitrogens with one attached hydrogen (secondary N) is 1. The molecule has 0 aliphatic carbocycles. The number of carbonyl (C=O) groups is 2. The number of para-hydroxylation sites is 1. The maximum atomic E-state index is 12.0. The molecule has 7 heteroatoms. The SMILES string of the molecule is NCc1nc(C(=O)Nc2ccccc2CC(=O)O)cs1. The molecule has 0 saturated heterocycles. The molecular weight excluding hydrogens is 278 g/mol. The minimum Gasteiger partial charge on any atom is -0.481 e. The summed E-state index contributed by atoms with van der Waals surface area (Å²) in [6.45, 7) is 0.285. The molecule has 20 heavy (non-hydrogen) atoms. The van der Waals surface area contributed by atoms with Crippen molar-refractivity contribution < 1.29 is 14.7 Å². The lowest BCUT2D eigenvalue weighted by atomic mass is 10.1. The first-order valence-electron chi connectivity index (χ1n) is 5.85. The van der Waals surface area contributed by atoms with Crippen LogP contribution in [-0.2, 0) is 17.8 Å². The van der Waals surface area contributed by atoms with E-state index in [1.807, 2.05) is 0 Å². The maximum absolute atomic E-state index is 12.0. The highest BCUT2D eigenvalue weighted by molar-refractivity contribution is 7.09. The summed E-state index contributed by atoms with van der Waals surface area (Å²) in [7, 11) is 0. The van der Waals surface area contributed by atoms with E-state index in [0.717, 1.165) is 0 Å². The second kappa shape index (κ2) is 6.27. The Morgan fingerprint density at radius 3 is 2.75 bits per heavy atom. The van der Waals surface area contributed by atoms with Crippen molar-refractivity contribution in [2.75, 3.05) is 5.32 Å². The Morgan fingerprint density at radius 1 is 1.35 bits per heavy atom. The van der Waals surface area contributed by atoms with Gasteiger partial charge in [-0.25, -0.2) is 4.98 Å². The van der Waals surface area contributed by atoms with Gasteiger partial charge in [-0.1, -0.05) is 18.2 Å². The molecule has 0 fully saturated rings. The zero-order chi connectivity index (χ0) is 14.5. The zero-order valence-electron chi connectivity index (χ0n) is 10.5. The van der Waals surface area contributed by atoms with Crippen molar-refractivity contribution in [3.63, 3.8) is 0 Å². The van der Waals surface area contributed by atoms with E-state index in [9.17, 15) is 9.59 Å². The average molecular weight is 291 g/mol. The van der Waals surface area contributed by atoms with Crippen LogP contribution in [0.2, 0.25) is 0 Å². The van der Waals surface area contributed by atoms with Gasteiger partial charge in [0.1, 0.15) is 10.7 Å². The number of carbonyl (C=O) groups excluding carboxylic acids is 1. The highest BCUT2D eigenvalue weighted by Gasteiger charge is 2.13. The Bertz CT molecular complexity index is 639. The van der Waals surface area contributed by atoms with Crippen molar-refractivity contribution in [1.29, 1.82) is 0 Å². The minimum atomic E-state index is -0.953. The van der Waals surface area contributed by atoms with Crippen molar-refractivity contribution in [3.05, 3.63) is 45.9 Å². The van der Waals surface area contributed by atoms with Gasteiger partial charge in [0.2, 0.25) is 0 Å². The van der Waals surface area contributed by atoms with E-state index in [1.54, 1.807) is 29.6 Å². The summed E-state index contributed by atoms with van der Waals surface area (Å²) in [5.41, 5.74) is 6.74. The fourth-order valence-corrected chi connectivity index (χ4v) is 2.31. The van der Waals surface area contributed by atoms with Crippen LogP contribution in [0.4, 0.5) is 5.69 Å². The van der Waals surface area contributed by atoms with Crippen molar-refractivity contribution in [1.82, 2.24) is 4.98 Å². The Morgan fingerprint density at radius 2 is 2.10 bits per heavy atom. The van der Waals surface area contributed by atoms with Crippen molar-refractivity contribution in [2.24, 2.45) is 5.73 Å². The molecule has 1 amide bonds. The van der Waals surface area contributed by atoms with E-state index in [0.29, 0.717) is 16.3 Å². The molecule has 1 aromatic carbocycles. The molecule has 4 N–H and O–H groups in total. The average Bonchev–Trinajstić information content (AvgIpc) is 2.89. The fourth-order valence-electron chi connectivity index (χ4n) is 1.65. The molecule has 2 rings (SSSR count). The van der Waals surface area contributed by atoms with Gasteiger partial charge in [-0.2, -0.15) is 0 Å². The van der Waals surface area contributed by atoms with Crippen LogP contribution in [0.3, 0.4) is 0 Å². The van der Waals surface area contributed by atoms with Gasteiger partial charge >= 0.3 is 5.97 Å². The highest BCUT2D eigenvalue weighted by atomic mass is 32.1. The number of hydrogen-bond donors (Lipinski definition) is 3. The van der Waals surface area contributed by atoms with Crippen molar-refractivity contribution in [3.8, 4) is 0 Å². The lowest BCUT2D eigenvalue weighted by Gasteiger charge is -2.08. The van der Waals surface area contributed by atoms with Crippen LogP contribution in [0.25, 0.3) is 0 Å². The van der Waals surface area contributed by atoms with E-state index in [1.165, 1.54) is 11.3 Å². The largest absolute Gasteiger partial charge is 0.481 e. The first-order valence-corrected chi connectivity index (χ1v) is 6.73. The molecule has 0 atom stereocenters. The standard InChI is InChI=1S/C13H13N3O3S/c14-6-11-15-10(7-20-11)13(19)16-9-4-2-1-3-8(9)5-12(17)18/h1-4,7H,5-6,14H2,(H,16,19)(H,17,18). The van der Waals surface area contributed by atoms with Crippen LogP contribution in [0.5, 0.6) is 0 Å². The third-order valence-electron chi connectivity index (χ3n) is 2.57. The number of anilines is 1. The number of aromatic nitrogens is 1. The Hall–Kier alpha value is -2.25. The summed E-state index contributed by atoms with van der Waals surface area (Å²) in [6.07, 6.45) is -0.151. The van der Waals surface area contributed by atoms with Crippen LogP contribution in [-0.4, -0.2) is 22.0 Å². The summed E-state index contributed by atoms with van der Waals surface area (Å²) in [4.78, 5) is 26.9. The lowest BCUT2D eigenvalue weighted by Crippen LogP contribution is -2.15. The third-order valence-corrected chi connectivity index (χ3v) is 3.44. The smallest absolute Gasteiger partial charge is 0.307 e. The van der Waals surface area contributed by atoms with Gasteiger partial charge in [0, 0.05) is 17.6 Å². The molecule has 2 aromatic rings. The number of carboxylic acid groups (broad SMARTS) is 1. The molecule has 0 unspecified atom stereocenters. The molecule has 0 saturated carbocycles. The number of benzene rings is 1. The summed E-state index contributed by atoms with van der Waals surface area (Å²) < 4.78 is 0. The zero-order valence-corrected chi connectivity index (χ0v) is 11.3. The van der Waals surface area contributed by atoms with Crippen LogP contribution < -0.4 is 11.1 Å². The van der Waals surface area contributed by atoms with E-state index in [4.69, 9.17) is 10.8 Å². The Balaban J connectivity index is 2.17. The van der Waals surface area contributed by atoms with E-state index in [-0.39, 0.29) is 24.6 Å². The molecule has 0 bridgehead atoms. The number of nitrogens with zero attached hydrogens (tertiary/aromatic N) is 1. The number of amides is 1. The Labute approximate surface area is 119 Å². The number of hydrogen-bond acceptors (Lipinski definition) is 5. The summed E-state index contributed by atoms with van der Waals surface area (Å²) in [6, 6.07) is 6.78. The van der Waals surface area contributed by atoms with Gasteiger partial charge in [0.15, 0.2) is 0 Å². The van der Waals surface area contributed by atoms with Gasteiger partial charge in [-0.15, -0.1) is 11.3 Å². The van der Waals surface area contributed by atoms with Gasteiger partial charge < -0.3 is 16.2 Å². The lowest BCUT2D eigenvalue weighted by molar-refractivity contribution is -0.136. The van der Waals surface area contributed by atoms with Gasteiger partial charge in [-0.3, -0.25) is 9.59 Å². The molecule has 1 heterocycles. The Kier molecular flexibility index (Phi) is 4.44. The van der Waals surface area contributed by atoms with Crippen LogP contribution >= 0.6 is 11.3 Å². The van der Waals surface area contributed by atoms with E-state index < -0.39 is 5.97 Å². The van der Waals surface area contributed by atoms with Crippen LogP contribution in [0, 0.1) is 0 Å². The molecule has 6 nitrogen and oxygen atoms in total. The molecule has 0 radical (unpaired) electrons. The van der Waals surface area contributed by atoms with Gasteiger partial charge in [-0.05, 0) is 11.6 Å². The normalized spacial score (nSPS) is 10.2. The van der Waals surface area contributed by atoms with Crippen LogP contribution in [0.1, 0.15) is 21.1 Å². The fraction of sp³-hybridized carbons (Fsp3) is 0.154. The second-order valence-corrected chi connectivity index (χ2v) is 4.96. The molecular formula is C13H13N3O3S. The predicted molar refractivity (Wildman–Crippen MR) is 75.7 cm³/mol. The molecule has 0 spiro atoms. The second-order valence-electron chi connectivity index (χ2n) is 4.01. The van der Waals surface area contributed by atoms with Crippen molar-refractivity contribution >= 4 is 28.9 Å².